The number of carbonyl (C=O) groups excluding carboxylic acids is 2. The minimum Gasteiger partial charge on any atom is -0.478 e. The third kappa shape index (κ3) is 7.37. The molecule has 0 saturated carbocycles. The summed E-state index contributed by atoms with van der Waals surface area (Å²) in [5, 5.41) is 14.6. The van der Waals surface area contributed by atoms with Gasteiger partial charge in [-0.15, -0.1) is 0 Å². The molecule has 0 fully saturated rings. The van der Waals surface area contributed by atoms with Crippen LogP contribution in [0.25, 0.3) is 0 Å². The number of amides is 2. The Bertz CT molecular complexity index is 611. The summed E-state index contributed by atoms with van der Waals surface area (Å²) in [6.45, 7) is 8.06. The summed E-state index contributed by atoms with van der Waals surface area (Å²) in [6.07, 6.45) is 0.913. The zero-order valence-corrected chi connectivity index (χ0v) is 15.3. The lowest BCUT2D eigenvalue weighted by molar-refractivity contribution is -0.130. The van der Waals surface area contributed by atoms with Gasteiger partial charge in [-0.3, -0.25) is 9.59 Å². The molecular weight excluding hydrogens is 320 g/mol. The fraction of sp³-hybridized carbons (Fsp3) is 0.526. The van der Waals surface area contributed by atoms with Crippen LogP contribution in [0.5, 0.6) is 0 Å². The number of hydrogen-bond donors (Lipinski definition) is 3. The SMILES string of the molecule is CC(C)CC(=O)NC(C(=O)NCCc1cccc(C(=O)O)c1)C(C)C. The van der Waals surface area contributed by atoms with Crippen molar-refractivity contribution in [1.29, 1.82) is 0 Å². The lowest BCUT2D eigenvalue weighted by atomic mass is 10.0. The maximum atomic E-state index is 12.4. The number of hydrogen-bond acceptors (Lipinski definition) is 3. The van der Waals surface area contributed by atoms with Gasteiger partial charge in [-0.2, -0.15) is 0 Å². The van der Waals surface area contributed by atoms with E-state index in [0.717, 1.165) is 5.56 Å². The van der Waals surface area contributed by atoms with Gasteiger partial charge in [0.1, 0.15) is 6.04 Å². The summed E-state index contributed by atoms with van der Waals surface area (Å²) < 4.78 is 0. The molecule has 1 aromatic rings. The van der Waals surface area contributed by atoms with E-state index < -0.39 is 12.0 Å². The third-order valence-electron chi connectivity index (χ3n) is 3.75. The van der Waals surface area contributed by atoms with Crippen molar-refractivity contribution in [3.63, 3.8) is 0 Å². The van der Waals surface area contributed by atoms with Gasteiger partial charge in [0.2, 0.25) is 11.8 Å². The highest BCUT2D eigenvalue weighted by molar-refractivity contribution is 5.88. The van der Waals surface area contributed by atoms with Crippen molar-refractivity contribution < 1.29 is 19.5 Å². The van der Waals surface area contributed by atoms with E-state index in [4.69, 9.17) is 5.11 Å². The Kier molecular flexibility index (Phi) is 8.11. The first-order chi connectivity index (χ1) is 11.7. The summed E-state index contributed by atoms with van der Waals surface area (Å²) in [5.41, 5.74) is 1.06. The molecule has 0 aliphatic carbocycles. The van der Waals surface area contributed by atoms with E-state index in [0.29, 0.717) is 19.4 Å². The molecule has 1 unspecified atom stereocenters. The van der Waals surface area contributed by atoms with Crippen LogP contribution in [-0.2, 0) is 16.0 Å². The van der Waals surface area contributed by atoms with E-state index in [9.17, 15) is 14.4 Å². The van der Waals surface area contributed by atoms with Crippen molar-refractivity contribution >= 4 is 17.8 Å². The molecule has 1 atom stereocenters. The zero-order chi connectivity index (χ0) is 19.0. The summed E-state index contributed by atoms with van der Waals surface area (Å²) >= 11 is 0. The fourth-order valence-electron chi connectivity index (χ4n) is 2.44. The van der Waals surface area contributed by atoms with Crippen molar-refractivity contribution in [3.05, 3.63) is 35.4 Å². The van der Waals surface area contributed by atoms with Crippen LogP contribution in [0.1, 0.15) is 50.0 Å². The topological polar surface area (TPSA) is 95.5 Å². The molecule has 0 aliphatic heterocycles. The molecule has 0 bridgehead atoms. The van der Waals surface area contributed by atoms with Gasteiger partial charge >= 0.3 is 5.97 Å². The maximum absolute atomic E-state index is 12.4. The van der Waals surface area contributed by atoms with E-state index in [2.05, 4.69) is 10.6 Å². The molecule has 0 spiro atoms. The van der Waals surface area contributed by atoms with Crippen LogP contribution in [0.4, 0.5) is 0 Å². The Balaban J connectivity index is 2.56. The number of carboxylic acid groups (broad SMARTS) is 1. The van der Waals surface area contributed by atoms with E-state index in [1.807, 2.05) is 33.8 Å². The number of carboxylic acids is 1. The average molecular weight is 348 g/mol. The molecule has 0 aromatic heterocycles. The first kappa shape index (κ1) is 20.7. The largest absolute Gasteiger partial charge is 0.478 e. The molecule has 2 amide bonds. The highest BCUT2D eigenvalue weighted by Gasteiger charge is 2.23. The van der Waals surface area contributed by atoms with Crippen molar-refractivity contribution in [3.8, 4) is 0 Å². The molecule has 0 heterocycles. The second-order valence-corrected chi connectivity index (χ2v) is 6.93. The molecule has 138 valence electrons. The number of rotatable bonds is 9. The monoisotopic (exact) mass is 348 g/mol. The predicted octanol–water partition coefficient (Wildman–Crippen LogP) is 2.23. The summed E-state index contributed by atoms with van der Waals surface area (Å²) in [5.74, 6) is -1.11. The molecule has 1 aromatic carbocycles. The number of carbonyl (C=O) groups is 3. The maximum Gasteiger partial charge on any atom is 0.335 e. The van der Waals surface area contributed by atoms with Gasteiger partial charge in [0.25, 0.3) is 0 Å². The van der Waals surface area contributed by atoms with Gasteiger partial charge in [-0.05, 0) is 36.0 Å². The summed E-state index contributed by atoms with van der Waals surface area (Å²) in [4.78, 5) is 35.2. The van der Waals surface area contributed by atoms with E-state index in [1.54, 1.807) is 12.1 Å². The number of aromatic carboxylic acids is 1. The Labute approximate surface area is 149 Å². The summed E-state index contributed by atoms with van der Waals surface area (Å²) in [7, 11) is 0. The van der Waals surface area contributed by atoms with Gasteiger partial charge in [0, 0.05) is 13.0 Å². The first-order valence-corrected chi connectivity index (χ1v) is 8.60. The van der Waals surface area contributed by atoms with Gasteiger partial charge in [-0.25, -0.2) is 4.79 Å². The molecule has 0 radical (unpaired) electrons. The molecule has 25 heavy (non-hydrogen) atoms. The van der Waals surface area contributed by atoms with Gasteiger partial charge < -0.3 is 15.7 Å². The van der Waals surface area contributed by atoms with Crippen molar-refractivity contribution in [2.45, 2.75) is 46.6 Å². The second-order valence-electron chi connectivity index (χ2n) is 6.93. The highest BCUT2D eigenvalue weighted by atomic mass is 16.4. The van der Waals surface area contributed by atoms with Crippen LogP contribution in [-0.4, -0.2) is 35.5 Å². The van der Waals surface area contributed by atoms with Gasteiger partial charge in [0.05, 0.1) is 5.56 Å². The molecule has 6 nitrogen and oxygen atoms in total. The van der Waals surface area contributed by atoms with Crippen LogP contribution in [0.3, 0.4) is 0 Å². The minimum absolute atomic E-state index is 0.0218. The fourth-order valence-corrected chi connectivity index (χ4v) is 2.44. The van der Waals surface area contributed by atoms with Crippen LogP contribution in [0, 0.1) is 11.8 Å². The quantitative estimate of drug-likeness (QED) is 0.638. The average Bonchev–Trinajstić information content (AvgIpc) is 2.51. The molecule has 6 heteroatoms. The lowest BCUT2D eigenvalue weighted by Crippen LogP contribution is -2.50. The van der Waals surface area contributed by atoms with Gasteiger partial charge in [-0.1, -0.05) is 39.8 Å². The normalized spacial score (nSPS) is 12.1. The molecule has 0 saturated heterocycles. The Morgan fingerprint density at radius 2 is 1.80 bits per heavy atom. The van der Waals surface area contributed by atoms with Crippen LogP contribution in [0.15, 0.2) is 24.3 Å². The zero-order valence-electron chi connectivity index (χ0n) is 15.3. The van der Waals surface area contributed by atoms with E-state index >= 15 is 0 Å². The van der Waals surface area contributed by atoms with Crippen LogP contribution in [0.2, 0.25) is 0 Å². The number of benzene rings is 1. The predicted molar refractivity (Wildman–Crippen MR) is 96.3 cm³/mol. The van der Waals surface area contributed by atoms with Crippen LogP contribution < -0.4 is 10.6 Å². The lowest BCUT2D eigenvalue weighted by Gasteiger charge is -2.22. The highest BCUT2D eigenvalue weighted by Crippen LogP contribution is 2.07. The smallest absolute Gasteiger partial charge is 0.335 e. The standard InChI is InChI=1S/C19H28N2O4/c1-12(2)10-16(22)21-17(13(3)4)18(23)20-9-8-14-6-5-7-15(11-14)19(24)25/h5-7,11-13,17H,8-10H2,1-4H3,(H,20,23)(H,21,22)(H,24,25). The Morgan fingerprint density at radius 1 is 1.12 bits per heavy atom. The molecule has 3 N–H and O–H groups in total. The van der Waals surface area contributed by atoms with E-state index in [-0.39, 0.29) is 29.2 Å². The first-order valence-electron chi connectivity index (χ1n) is 8.60. The van der Waals surface area contributed by atoms with Gasteiger partial charge in [0.15, 0.2) is 0 Å². The van der Waals surface area contributed by atoms with Crippen molar-refractivity contribution in [1.82, 2.24) is 10.6 Å². The summed E-state index contributed by atoms with van der Waals surface area (Å²) in [6, 6.07) is 6.06. The van der Waals surface area contributed by atoms with E-state index in [1.165, 1.54) is 6.07 Å². The Hall–Kier alpha value is -2.37. The number of nitrogens with one attached hydrogen (secondary N) is 2. The van der Waals surface area contributed by atoms with Crippen LogP contribution >= 0.6 is 0 Å². The van der Waals surface area contributed by atoms with Crippen molar-refractivity contribution in [2.75, 3.05) is 6.54 Å². The second kappa shape index (κ2) is 9.81. The third-order valence-corrected chi connectivity index (χ3v) is 3.75. The minimum atomic E-state index is -0.973. The molecule has 1 rings (SSSR count). The molecule has 0 aliphatic rings. The van der Waals surface area contributed by atoms with Crippen molar-refractivity contribution in [2.24, 2.45) is 11.8 Å². The molecular formula is C19H28N2O4. The Morgan fingerprint density at radius 3 is 2.36 bits per heavy atom.